The average molecular weight is 356 g/mol. The lowest BCUT2D eigenvalue weighted by Crippen LogP contribution is -2.15. The summed E-state index contributed by atoms with van der Waals surface area (Å²) in [5.74, 6) is -1.66. The summed E-state index contributed by atoms with van der Waals surface area (Å²) in [5, 5.41) is 11.8. The van der Waals surface area contributed by atoms with Crippen molar-refractivity contribution < 1.29 is 19.5 Å². The maximum atomic E-state index is 12.6. The van der Waals surface area contributed by atoms with Crippen molar-refractivity contribution >= 4 is 23.3 Å². The number of carboxylic acid groups (broad SMARTS) is 1. The largest absolute Gasteiger partial charge is 0.481 e. The van der Waals surface area contributed by atoms with Gasteiger partial charge in [0.15, 0.2) is 5.78 Å². The predicted molar refractivity (Wildman–Crippen MR) is 99.8 cm³/mol. The highest BCUT2D eigenvalue weighted by Crippen LogP contribution is 2.22. The molecule has 0 radical (unpaired) electrons. The highest BCUT2D eigenvalue weighted by Gasteiger charge is 2.21. The molecule has 26 heavy (non-hydrogen) atoms. The van der Waals surface area contributed by atoms with Crippen molar-refractivity contribution in [3.8, 4) is 0 Å². The van der Waals surface area contributed by atoms with Crippen LogP contribution in [0.15, 0.2) is 24.3 Å². The minimum atomic E-state index is -0.835. The topological polar surface area (TPSA) is 99.3 Å². The Labute approximate surface area is 152 Å². The van der Waals surface area contributed by atoms with Crippen molar-refractivity contribution in [2.24, 2.45) is 5.92 Å². The highest BCUT2D eigenvalue weighted by atomic mass is 16.4. The average Bonchev–Trinajstić information content (AvgIpc) is 2.93. The monoisotopic (exact) mass is 356 g/mol. The summed E-state index contributed by atoms with van der Waals surface area (Å²) in [6, 6.07) is 7.09. The van der Waals surface area contributed by atoms with Gasteiger partial charge in [-0.25, -0.2) is 0 Å². The van der Waals surface area contributed by atoms with Gasteiger partial charge in [-0.3, -0.25) is 14.4 Å². The molecule has 0 aliphatic carbocycles. The number of anilines is 1. The van der Waals surface area contributed by atoms with Gasteiger partial charge in [-0.15, -0.1) is 0 Å². The Kier molecular flexibility index (Phi) is 5.97. The summed E-state index contributed by atoms with van der Waals surface area (Å²) in [4.78, 5) is 38.4. The van der Waals surface area contributed by atoms with E-state index in [1.807, 2.05) is 6.92 Å². The third kappa shape index (κ3) is 4.20. The van der Waals surface area contributed by atoms with E-state index < -0.39 is 11.9 Å². The summed E-state index contributed by atoms with van der Waals surface area (Å²) < 4.78 is 0. The summed E-state index contributed by atoms with van der Waals surface area (Å²) in [5.41, 5.74) is 3.90. The second-order valence-electron chi connectivity index (χ2n) is 6.48. The number of amides is 1. The number of aryl methyl sites for hydroxylation is 1. The second kappa shape index (κ2) is 7.99. The first-order valence-corrected chi connectivity index (χ1v) is 8.60. The summed E-state index contributed by atoms with van der Waals surface area (Å²) in [6.45, 7) is 6.84. The number of carbonyl (C=O) groups is 3. The van der Waals surface area contributed by atoms with Gasteiger partial charge in [0.2, 0.25) is 0 Å². The van der Waals surface area contributed by atoms with Crippen molar-refractivity contribution in [2.75, 3.05) is 5.32 Å². The maximum absolute atomic E-state index is 12.6. The van der Waals surface area contributed by atoms with Crippen LogP contribution < -0.4 is 5.32 Å². The van der Waals surface area contributed by atoms with E-state index in [1.54, 1.807) is 38.1 Å². The zero-order valence-corrected chi connectivity index (χ0v) is 15.5. The number of hydrogen-bond donors (Lipinski definition) is 3. The molecular weight excluding hydrogens is 332 g/mol. The Morgan fingerprint density at radius 1 is 1.19 bits per heavy atom. The molecule has 6 heteroatoms. The predicted octanol–water partition coefficient (Wildman–Crippen LogP) is 3.60. The van der Waals surface area contributed by atoms with Gasteiger partial charge >= 0.3 is 5.97 Å². The molecule has 1 aromatic heterocycles. The zero-order valence-electron chi connectivity index (χ0n) is 15.5. The summed E-state index contributed by atoms with van der Waals surface area (Å²) >= 11 is 0. The van der Waals surface area contributed by atoms with Crippen LogP contribution in [0.2, 0.25) is 0 Å². The molecular formula is C20H24N2O4. The SMILES string of the molecule is CCc1c(C(=O)Nc2ccc(CC(C)C(=O)O)cc2)[nH]c(C)c1C(C)=O. The van der Waals surface area contributed by atoms with Crippen LogP contribution in [0.1, 0.15) is 58.4 Å². The number of hydrogen-bond acceptors (Lipinski definition) is 3. The van der Waals surface area contributed by atoms with Crippen LogP contribution in [0.4, 0.5) is 5.69 Å². The molecule has 0 fully saturated rings. The van der Waals surface area contributed by atoms with E-state index in [-0.39, 0.29) is 11.7 Å². The number of aromatic amines is 1. The van der Waals surface area contributed by atoms with Crippen molar-refractivity contribution in [3.05, 3.63) is 52.3 Å². The molecule has 2 rings (SSSR count). The number of carbonyl (C=O) groups excluding carboxylic acids is 2. The van der Waals surface area contributed by atoms with Gasteiger partial charge in [-0.1, -0.05) is 26.0 Å². The first kappa shape index (κ1) is 19.4. The van der Waals surface area contributed by atoms with Crippen molar-refractivity contribution in [3.63, 3.8) is 0 Å². The van der Waals surface area contributed by atoms with E-state index in [0.29, 0.717) is 35.5 Å². The van der Waals surface area contributed by atoms with E-state index >= 15 is 0 Å². The number of aliphatic carboxylic acids is 1. The Bertz CT molecular complexity index is 834. The minimum absolute atomic E-state index is 0.0634. The molecule has 3 N–H and O–H groups in total. The molecule has 0 aliphatic rings. The summed E-state index contributed by atoms with van der Waals surface area (Å²) in [7, 11) is 0. The molecule has 138 valence electrons. The quantitative estimate of drug-likeness (QED) is 0.660. The first-order valence-electron chi connectivity index (χ1n) is 8.60. The maximum Gasteiger partial charge on any atom is 0.306 e. The van der Waals surface area contributed by atoms with Crippen LogP contribution in [-0.4, -0.2) is 27.8 Å². The van der Waals surface area contributed by atoms with Gasteiger partial charge in [0.1, 0.15) is 5.69 Å². The molecule has 0 saturated heterocycles. The lowest BCUT2D eigenvalue weighted by molar-refractivity contribution is -0.141. The molecule has 1 aromatic carbocycles. The van der Waals surface area contributed by atoms with Crippen LogP contribution in [0, 0.1) is 12.8 Å². The third-order valence-electron chi connectivity index (χ3n) is 4.40. The molecule has 0 saturated carbocycles. The number of aromatic nitrogens is 1. The molecule has 0 spiro atoms. The van der Waals surface area contributed by atoms with Crippen LogP contribution >= 0.6 is 0 Å². The lowest BCUT2D eigenvalue weighted by atomic mass is 10.0. The molecule has 0 bridgehead atoms. The van der Waals surface area contributed by atoms with Crippen LogP contribution in [0.3, 0.4) is 0 Å². The number of rotatable bonds is 7. The van der Waals surface area contributed by atoms with Gasteiger partial charge < -0.3 is 15.4 Å². The fourth-order valence-electron chi connectivity index (χ4n) is 3.06. The van der Waals surface area contributed by atoms with E-state index in [2.05, 4.69) is 10.3 Å². The van der Waals surface area contributed by atoms with Gasteiger partial charge in [0.05, 0.1) is 5.92 Å². The minimum Gasteiger partial charge on any atom is -0.481 e. The molecule has 2 aromatic rings. The number of Topliss-reactive ketones (excluding diaryl/α,β-unsaturated/α-hetero) is 1. The van der Waals surface area contributed by atoms with Gasteiger partial charge in [-0.2, -0.15) is 0 Å². The number of nitrogens with one attached hydrogen (secondary N) is 2. The highest BCUT2D eigenvalue weighted by molar-refractivity contribution is 6.07. The van der Waals surface area contributed by atoms with Crippen LogP contribution in [0.25, 0.3) is 0 Å². The standard InChI is InChI=1S/C20H24N2O4/c1-5-16-17(13(4)23)12(3)21-18(16)19(24)22-15-8-6-14(7-9-15)10-11(2)20(25)26/h6-9,11,21H,5,10H2,1-4H3,(H,22,24)(H,25,26). The zero-order chi connectivity index (χ0) is 19.4. The smallest absolute Gasteiger partial charge is 0.306 e. The van der Waals surface area contributed by atoms with Crippen molar-refractivity contribution in [1.82, 2.24) is 4.98 Å². The Hall–Kier alpha value is -2.89. The van der Waals surface area contributed by atoms with Crippen LogP contribution in [-0.2, 0) is 17.6 Å². The fraction of sp³-hybridized carbons (Fsp3) is 0.350. The molecule has 1 atom stereocenters. The van der Waals surface area contributed by atoms with Crippen molar-refractivity contribution in [2.45, 2.75) is 40.5 Å². The fourth-order valence-corrected chi connectivity index (χ4v) is 3.06. The molecule has 0 aliphatic heterocycles. The van der Waals surface area contributed by atoms with Gasteiger partial charge in [0, 0.05) is 16.9 Å². The lowest BCUT2D eigenvalue weighted by Gasteiger charge is -2.09. The van der Waals surface area contributed by atoms with Gasteiger partial charge in [0.25, 0.3) is 5.91 Å². The Balaban J connectivity index is 2.17. The Morgan fingerprint density at radius 3 is 2.31 bits per heavy atom. The van der Waals surface area contributed by atoms with E-state index in [4.69, 9.17) is 5.11 Å². The number of ketones is 1. The summed E-state index contributed by atoms with van der Waals surface area (Å²) in [6.07, 6.45) is 1.01. The first-order chi connectivity index (χ1) is 12.2. The number of benzene rings is 1. The molecule has 1 unspecified atom stereocenters. The number of carboxylic acids is 1. The third-order valence-corrected chi connectivity index (χ3v) is 4.40. The second-order valence-corrected chi connectivity index (χ2v) is 6.48. The van der Waals surface area contributed by atoms with Gasteiger partial charge in [-0.05, 0) is 49.9 Å². The van der Waals surface area contributed by atoms with Crippen molar-refractivity contribution in [1.29, 1.82) is 0 Å². The molecule has 6 nitrogen and oxygen atoms in total. The molecule has 1 heterocycles. The van der Waals surface area contributed by atoms with E-state index in [9.17, 15) is 14.4 Å². The number of H-pyrrole nitrogens is 1. The normalized spacial score (nSPS) is 11.8. The van der Waals surface area contributed by atoms with E-state index in [1.165, 1.54) is 6.92 Å². The van der Waals surface area contributed by atoms with Crippen LogP contribution in [0.5, 0.6) is 0 Å². The Morgan fingerprint density at radius 2 is 1.81 bits per heavy atom. The van der Waals surface area contributed by atoms with E-state index in [0.717, 1.165) is 11.1 Å². The molecule has 1 amide bonds.